The maximum atomic E-state index is 13.6. The molecule has 0 unspecified atom stereocenters. The standard InChI is InChI=1S/C19H14F2N4O/c20-14-8-13(9-15(21)10-14)17-16-18(23-11-24-19(16)26-25-17)22-7-6-12-4-2-1-3-5-12/h1-5,8-11H,6-7H2,(H,22,23,24). The van der Waals surface area contributed by atoms with Gasteiger partial charge in [0.2, 0.25) is 0 Å². The summed E-state index contributed by atoms with van der Waals surface area (Å²) in [6, 6.07) is 13.2. The van der Waals surface area contributed by atoms with Crippen molar-refractivity contribution in [2.45, 2.75) is 6.42 Å². The smallest absolute Gasteiger partial charge is 0.263 e. The summed E-state index contributed by atoms with van der Waals surface area (Å²) in [5.41, 5.74) is 1.99. The first-order valence-corrected chi connectivity index (χ1v) is 8.05. The lowest BCUT2D eigenvalue weighted by atomic mass is 10.1. The summed E-state index contributed by atoms with van der Waals surface area (Å²) in [7, 11) is 0. The van der Waals surface area contributed by atoms with Crippen LogP contribution >= 0.6 is 0 Å². The Kier molecular flexibility index (Phi) is 4.27. The normalized spacial score (nSPS) is 11.0. The van der Waals surface area contributed by atoms with Crippen molar-refractivity contribution < 1.29 is 13.3 Å². The Balaban J connectivity index is 1.66. The molecule has 0 fully saturated rings. The molecule has 0 aliphatic heterocycles. The second-order valence-electron chi connectivity index (χ2n) is 5.75. The number of benzene rings is 2. The summed E-state index contributed by atoms with van der Waals surface area (Å²) in [4.78, 5) is 8.26. The highest BCUT2D eigenvalue weighted by Gasteiger charge is 2.17. The largest absolute Gasteiger partial charge is 0.369 e. The summed E-state index contributed by atoms with van der Waals surface area (Å²) >= 11 is 0. The predicted octanol–water partition coefficient (Wildman–Crippen LogP) is 4.22. The number of rotatable bonds is 5. The summed E-state index contributed by atoms with van der Waals surface area (Å²) in [5, 5.41) is 7.64. The Morgan fingerprint density at radius 1 is 0.962 bits per heavy atom. The van der Waals surface area contributed by atoms with Crippen molar-refractivity contribution >= 4 is 16.9 Å². The highest BCUT2D eigenvalue weighted by atomic mass is 19.1. The number of nitrogens with one attached hydrogen (secondary N) is 1. The zero-order valence-electron chi connectivity index (χ0n) is 13.6. The third kappa shape index (κ3) is 3.23. The molecule has 0 atom stereocenters. The quantitative estimate of drug-likeness (QED) is 0.583. The average molecular weight is 352 g/mol. The number of hydrogen-bond acceptors (Lipinski definition) is 5. The fraction of sp³-hybridized carbons (Fsp3) is 0.105. The summed E-state index contributed by atoms with van der Waals surface area (Å²) in [5.74, 6) is -0.870. The Morgan fingerprint density at radius 2 is 1.73 bits per heavy atom. The van der Waals surface area contributed by atoms with Crippen LogP contribution in [-0.4, -0.2) is 21.7 Å². The minimum absolute atomic E-state index is 0.252. The van der Waals surface area contributed by atoms with E-state index in [-0.39, 0.29) is 11.3 Å². The van der Waals surface area contributed by atoms with Gasteiger partial charge in [-0.05, 0) is 24.1 Å². The number of nitrogens with zero attached hydrogens (tertiary/aromatic N) is 3. The molecule has 2 aromatic heterocycles. The second-order valence-corrected chi connectivity index (χ2v) is 5.75. The SMILES string of the molecule is Fc1cc(F)cc(-c2noc3ncnc(NCCc4ccccc4)c23)c1. The second kappa shape index (κ2) is 6.87. The molecule has 4 rings (SSSR count). The number of fused-ring (bicyclic) bond motifs is 1. The van der Waals surface area contributed by atoms with Gasteiger partial charge < -0.3 is 9.84 Å². The molecule has 5 nitrogen and oxygen atoms in total. The number of hydrogen-bond donors (Lipinski definition) is 1. The van der Waals surface area contributed by atoms with Crippen molar-refractivity contribution in [3.05, 3.63) is 72.1 Å². The van der Waals surface area contributed by atoms with Gasteiger partial charge in [0.25, 0.3) is 5.71 Å². The van der Waals surface area contributed by atoms with Crippen molar-refractivity contribution in [1.29, 1.82) is 0 Å². The molecule has 26 heavy (non-hydrogen) atoms. The van der Waals surface area contributed by atoms with Crippen molar-refractivity contribution in [3.63, 3.8) is 0 Å². The lowest BCUT2D eigenvalue weighted by Crippen LogP contribution is -2.07. The van der Waals surface area contributed by atoms with Crippen molar-refractivity contribution in [1.82, 2.24) is 15.1 Å². The average Bonchev–Trinajstić information content (AvgIpc) is 3.07. The molecule has 0 saturated heterocycles. The van der Waals surface area contributed by atoms with Gasteiger partial charge in [0, 0.05) is 18.2 Å². The first kappa shape index (κ1) is 16.1. The van der Waals surface area contributed by atoms with E-state index < -0.39 is 11.6 Å². The van der Waals surface area contributed by atoms with E-state index in [1.165, 1.54) is 24.0 Å². The van der Waals surface area contributed by atoms with Gasteiger partial charge in [-0.3, -0.25) is 0 Å². The molecule has 0 bridgehead atoms. The van der Waals surface area contributed by atoms with Crippen molar-refractivity contribution in [2.24, 2.45) is 0 Å². The van der Waals surface area contributed by atoms with Crippen LogP contribution in [0.1, 0.15) is 5.56 Å². The number of halogens is 2. The Hall–Kier alpha value is -3.35. The van der Waals surface area contributed by atoms with Crippen LogP contribution in [0.4, 0.5) is 14.6 Å². The predicted molar refractivity (Wildman–Crippen MR) is 93.6 cm³/mol. The highest BCUT2D eigenvalue weighted by Crippen LogP contribution is 2.31. The minimum Gasteiger partial charge on any atom is -0.369 e. The van der Waals surface area contributed by atoms with Gasteiger partial charge in [0.15, 0.2) is 0 Å². The Bertz CT molecular complexity index is 1030. The molecule has 7 heteroatoms. The Morgan fingerprint density at radius 3 is 2.50 bits per heavy atom. The molecule has 2 aromatic carbocycles. The maximum absolute atomic E-state index is 13.6. The van der Waals surface area contributed by atoms with Gasteiger partial charge in [-0.2, -0.15) is 4.98 Å². The van der Waals surface area contributed by atoms with E-state index in [9.17, 15) is 8.78 Å². The molecule has 130 valence electrons. The van der Waals surface area contributed by atoms with Crippen LogP contribution in [0.2, 0.25) is 0 Å². The summed E-state index contributed by atoms with van der Waals surface area (Å²) < 4.78 is 32.3. The van der Waals surface area contributed by atoms with Crippen LogP contribution in [0.3, 0.4) is 0 Å². The van der Waals surface area contributed by atoms with E-state index in [1.54, 1.807) is 0 Å². The molecule has 0 aliphatic carbocycles. The van der Waals surface area contributed by atoms with E-state index in [4.69, 9.17) is 4.52 Å². The van der Waals surface area contributed by atoms with Gasteiger partial charge in [-0.1, -0.05) is 35.5 Å². The van der Waals surface area contributed by atoms with Gasteiger partial charge in [-0.15, -0.1) is 0 Å². The van der Waals surface area contributed by atoms with Crippen LogP contribution in [0.25, 0.3) is 22.4 Å². The lowest BCUT2D eigenvalue weighted by molar-refractivity contribution is 0.451. The molecule has 0 aliphatic rings. The Labute approximate surface area is 147 Å². The van der Waals surface area contributed by atoms with E-state index in [0.717, 1.165) is 12.5 Å². The van der Waals surface area contributed by atoms with Gasteiger partial charge in [-0.25, -0.2) is 13.8 Å². The van der Waals surface area contributed by atoms with E-state index in [1.807, 2.05) is 30.3 Å². The molecule has 0 saturated carbocycles. The minimum atomic E-state index is -0.688. The molecule has 0 spiro atoms. The lowest BCUT2D eigenvalue weighted by Gasteiger charge is -2.07. The molecular weight excluding hydrogens is 338 g/mol. The topological polar surface area (TPSA) is 63.8 Å². The van der Waals surface area contributed by atoms with Crippen molar-refractivity contribution in [3.8, 4) is 11.3 Å². The monoisotopic (exact) mass is 352 g/mol. The van der Waals surface area contributed by atoms with Gasteiger partial charge >= 0.3 is 0 Å². The van der Waals surface area contributed by atoms with E-state index >= 15 is 0 Å². The van der Waals surface area contributed by atoms with E-state index in [2.05, 4.69) is 20.4 Å². The molecule has 0 amide bonds. The van der Waals surface area contributed by atoms with Gasteiger partial charge in [0.05, 0.1) is 0 Å². The number of aromatic nitrogens is 3. The third-order valence-corrected chi connectivity index (χ3v) is 3.96. The zero-order valence-corrected chi connectivity index (χ0v) is 13.6. The zero-order chi connectivity index (χ0) is 17.9. The summed E-state index contributed by atoms with van der Waals surface area (Å²) in [6.45, 7) is 0.623. The van der Waals surface area contributed by atoms with Crippen LogP contribution in [0, 0.1) is 11.6 Å². The summed E-state index contributed by atoms with van der Waals surface area (Å²) in [6.07, 6.45) is 2.15. The first-order valence-electron chi connectivity index (χ1n) is 8.05. The van der Waals surface area contributed by atoms with E-state index in [0.29, 0.717) is 23.4 Å². The number of anilines is 1. The van der Waals surface area contributed by atoms with Crippen LogP contribution in [-0.2, 0) is 6.42 Å². The molecule has 0 radical (unpaired) electrons. The van der Waals surface area contributed by atoms with Crippen LogP contribution in [0.5, 0.6) is 0 Å². The van der Waals surface area contributed by atoms with Crippen molar-refractivity contribution in [2.75, 3.05) is 11.9 Å². The molecular formula is C19H14F2N4O. The molecule has 4 aromatic rings. The van der Waals surface area contributed by atoms with Gasteiger partial charge in [0.1, 0.15) is 34.9 Å². The van der Waals surface area contributed by atoms with Crippen LogP contribution in [0.15, 0.2) is 59.4 Å². The maximum Gasteiger partial charge on any atom is 0.263 e. The highest BCUT2D eigenvalue weighted by molar-refractivity contribution is 5.97. The van der Waals surface area contributed by atoms with Crippen LogP contribution < -0.4 is 5.32 Å². The fourth-order valence-corrected chi connectivity index (χ4v) is 2.78. The molecule has 2 heterocycles. The third-order valence-electron chi connectivity index (χ3n) is 3.96. The first-order chi connectivity index (χ1) is 12.7. The fourth-order valence-electron chi connectivity index (χ4n) is 2.78. The molecule has 1 N–H and O–H groups in total.